The number of hydrogen-bond acceptors (Lipinski definition) is 2. The zero-order valence-corrected chi connectivity index (χ0v) is 15.0. The average Bonchev–Trinajstić information content (AvgIpc) is 2.40. The van der Waals surface area contributed by atoms with E-state index in [9.17, 15) is 4.79 Å². The van der Waals surface area contributed by atoms with Crippen molar-refractivity contribution in [2.75, 3.05) is 17.2 Å². The normalized spacial score (nSPS) is 10.3. The lowest BCUT2D eigenvalue weighted by Crippen LogP contribution is -2.22. The predicted octanol–water partition coefficient (Wildman–Crippen LogP) is 4.88. The lowest BCUT2D eigenvalue weighted by atomic mass is 10.1. The van der Waals surface area contributed by atoms with Gasteiger partial charge in [0.2, 0.25) is 5.91 Å². The van der Waals surface area contributed by atoms with Crippen molar-refractivity contribution in [2.24, 2.45) is 0 Å². The van der Waals surface area contributed by atoms with Gasteiger partial charge in [0, 0.05) is 14.6 Å². The Balaban J connectivity index is 1.97. The molecule has 0 aromatic heterocycles. The van der Waals surface area contributed by atoms with E-state index in [2.05, 4.69) is 48.6 Å². The minimum Gasteiger partial charge on any atom is -0.375 e. The van der Waals surface area contributed by atoms with Crippen molar-refractivity contribution in [3.05, 3.63) is 56.5 Å². The Hall–Kier alpha value is -1.33. The van der Waals surface area contributed by atoms with Gasteiger partial charge in [-0.15, -0.1) is 0 Å². The molecule has 5 heteroatoms. The molecule has 2 rings (SSSR count). The van der Waals surface area contributed by atoms with Crippen LogP contribution in [0.1, 0.15) is 11.1 Å². The number of amides is 1. The fourth-order valence-electron chi connectivity index (χ4n) is 2.05. The van der Waals surface area contributed by atoms with E-state index < -0.39 is 0 Å². The van der Waals surface area contributed by atoms with E-state index >= 15 is 0 Å². The van der Waals surface area contributed by atoms with Crippen LogP contribution in [-0.4, -0.2) is 12.5 Å². The van der Waals surface area contributed by atoms with Gasteiger partial charge in [-0.2, -0.15) is 0 Å². The van der Waals surface area contributed by atoms with E-state index in [4.69, 9.17) is 0 Å². The number of aryl methyl sites for hydroxylation is 2. The summed E-state index contributed by atoms with van der Waals surface area (Å²) in [6.45, 7) is 4.28. The Kier molecular flexibility index (Phi) is 5.42. The molecular weight excluding hydrogens is 396 g/mol. The maximum atomic E-state index is 12.0. The first-order valence-corrected chi connectivity index (χ1v) is 8.10. The minimum atomic E-state index is -0.0794. The molecule has 0 atom stereocenters. The molecule has 2 aromatic carbocycles. The molecule has 21 heavy (non-hydrogen) atoms. The number of benzene rings is 2. The first-order valence-electron chi connectivity index (χ1n) is 6.52. The van der Waals surface area contributed by atoms with Gasteiger partial charge in [0.25, 0.3) is 0 Å². The van der Waals surface area contributed by atoms with E-state index in [-0.39, 0.29) is 12.5 Å². The molecule has 1 amide bonds. The second-order valence-electron chi connectivity index (χ2n) is 4.85. The molecule has 0 spiro atoms. The van der Waals surface area contributed by atoms with E-state index in [0.717, 1.165) is 25.9 Å². The molecule has 0 bridgehead atoms. The molecule has 0 aliphatic carbocycles. The van der Waals surface area contributed by atoms with Crippen molar-refractivity contribution in [3.63, 3.8) is 0 Å². The molecule has 0 aliphatic heterocycles. The highest BCUT2D eigenvalue weighted by Crippen LogP contribution is 2.27. The molecule has 2 N–H and O–H groups in total. The summed E-state index contributed by atoms with van der Waals surface area (Å²) in [7, 11) is 0. The van der Waals surface area contributed by atoms with Gasteiger partial charge in [-0.05, 0) is 71.2 Å². The van der Waals surface area contributed by atoms with Gasteiger partial charge in [-0.3, -0.25) is 4.79 Å². The molecule has 0 unspecified atom stereocenters. The Morgan fingerprint density at radius 3 is 2.38 bits per heavy atom. The summed E-state index contributed by atoms with van der Waals surface area (Å²) in [4.78, 5) is 12.0. The Bertz CT molecular complexity index is 631. The molecule has 0 aliphatic rings. The zero-order chi connectivity index (χ0) is 15.4. The van der Waals surface area contributed by atoms with Crippen molar-refractivity contribution in [1.29, 1.82) is 0 Å². The number of hydrogen-bond donors (Lipinski definition) is 2. The maximum Gasteiger partial charge on any atom is 0.243 e. The first kappa shape index (κ1) is 16.0. The third-order valence-corrected chi connectivity index (χ3v) is 4.14. The third kappa shape index (κ3) is 4.58. The monoisotopic (exact) mass is 410 g/mol. The van der Waals surface area contributed by atoms with Crippen LogP contribution in [0.5, 0.6) is 0 Å². The van der Waals surface area contributed by atoms with Crippen molar-refractivity contribution < 1.29 is 4.79 Å². The van der Waals surface area contributed by atoms with Crippen LogP contribution < -0.4 is 10.6 Å². The van der Waals surface area contributed by atoms with Crippen molar-refractivity contribution in [1.82, 2.24) is 0 Å². The molecule has 3 nitrogen and oxygen atoms in total. The van der Waals surface area contributed by atoms with Gasteiger partial charge in [0.1, 0.15) is 0 Å². The van der Waals surface area contributed by atoms with E-state index in [0.29, 0.717) is 0 Å². The van der Waals surface area contributed by atoms with Crippen LogP contribution in [0.15, 0.2) is 45.3 Å². The first-order chi connectivity index (χ1) is 9.95. The fourth-order valence-corrected chi connectivity index (χ4v) is 3.12. The molecule has 2 aromatic rings. The molecule has 0 radical (unpaired) electrons. The van der Waals surface area contributed by atoms with Gasteiger partial charge in [-0.1, -0.05) is 22.0 Å². The number of carbonyl (C=O) groups excluding carboxylic acids is 1. The molecular formula is C16H16Br2N2O. The highest BCUT2D eigenvalue weighted by molar-refractivity contribution is 9.10. The Morgan fingerprint density at radius 2 is 1.76 bits per heavy atom. The van der Waals surface area contributed by atoms with Crippen molar-refractivity contribution in [2.45, 2.75) is 13.8 Å². The van der Waals surface area contributed by atoms with E-state index in [1.165, 1.54) is 5.56 Å². The second kappa shape index (κ2) is 7.09. The van der Waals surface area contributed by atoms with Gasteiger partial charge >= 0.3 is 0 Å². The summed E-state index contributed by atoms with van der Waals surface area (Å²) in [5.41, 5.74) is 4.03. The number of carbonyl (C=O) groups is 1. The average molecular weight is 412 g/mol. The third-order valence-electron chi connectivity index (χ3n) is 2.99. The summed E-state index contributed by atoms with van der Waals surface area (Å²) in [6, 6.07) is 11.6. The van der Waals surface area contributed by atoms with Gasteiger partial charge in [-0.25, -0.2) is 0 Å². The standard InChI is InChI=1S/C16H16Br2N2O/c1-10-7-11(2)16(14(18)8-10)19-9-15(21)20-13-5-3-12(17)4-6-13/h3-8,19H,9H2,1-2H3,(H,20,21). The zero-order valence-electron chi connectivity index (χ0n) is 11.8. The number of nitrogens with one attached hydrogen (secondary N) is 2. The summed E-state index contributed by atoms with van der Waals surface area (Å²) in [5, 5.41) is 6.02. The molecule has 0 fully saturated rings. The van der Waals surface area contributed by atoms with E-state index in [1.807, 2.05) is 44.2 Å². The van der Waals surface area contributed by atoms with E-state index in [1.54, 1.807) is 0 Å². The SMILES string of the molecule is Cc1cc(C)c(NCC(=O)Nc2ccc(Br)cc2)c(Br)c1. The quantitative estimate of drug-likeness (QED) is 0.752. The number of halogens is 2. The maximum absolute atomic E-state index is 12.0. The summed E-state index contributed by atoms with van der Waals surface area (Å²) in [5.74, 6) is -0.0794. The van der Waals surface area contributed by atoms with Gasteiger partial charge < -0.3 is 10.6 Å². The number of rotatable bonds is 4. The van der Waals surface area contributed by atoms with Crippen molar-refractivity contribution in [3.8, 4) is 0 Å². The lowest BCUT2D eigenvalue weighted by molar-refractivity contribution is -0.114. The topological polar surface area (TPSA) is 41.1 Å². The van der Waals surface area contributed by atoms with Crippen LogP contribution in [0.25, 0.3) is 0 Å². The Morgan fingerprint density at radius 1 is 1.10 bits per heavy atom. The van der Waals surface area contributed by atoms with Crippen LogP contribution in [-0.2, 0) is 4.79 Å². The number of anilines is 2. The van der Waals surface area contributed by atoms with Crippen molar-refractivity contribution >= 4 is 49.1 Å². The summed E-state index contributed by atoms with van der Waals surface area (Å²) < 4.78 is 1.95. The highest BCUT2D eigenvalue weighted by atomic mass is 79.9. The highest BCUT2D eigenvalue weighted by Gasteiger charge is 2.07. The van der Waals surface area contributed by atoms with Crippen LogP contribution in [0.3, 0.4) is 0 Å². The van der Waals surface area contributed by atoms with Crippen LogP contribution in [0.4, 0.5) is 11.4 Å². The van der Waals surface area contributed by atoms with Gasteiger partial charge in [0.15, 0.2) is 0 Å². The minimum absolute atomic E-state index is 0.0794. The lowest BCUT2D eigenvalue weighted by Gasteiger charge is -2.13. The summed E-state index contributed by atoms with van der Waals surface area (Å²) in [6.07, 6.45) is 0. The predicted molar refractivity (Wildman–Crippen MR) is 94.9 cm³/mol. The van der Waals surface area contributed by atoms with Crippen LogP contribution in [0, 0.1) is 13.8 Å². The van der Waals surface area contributed by atoms with Crippen LogP contribution >= 0.6 is 31.9 Å². The fraction of sp³-hybridized carbons (Fsp3) is 0.188. The Labute approximate surface area is 141 Å². The second-order valence-corrected chi connectivity index (χ2v) is 6.62. The molecule has 0 saturated carbocycles. The largest absolute Gasteiger partial charge is 0.375 e. The van der Waals surface area contributed by atoms with Crippen LogP contribution in [0.2, 0.25) is 0 Å². The van der Waals surface area contributed by atoms with Gasteiger partial charge in [0.05, 0.1) is 12.2 Å². The smallest absolute Gasteiger partial charge is 0.243 e. The molecule has 110 valence electrons. The molecule has 0 heterocycles. The molecule has 0 saturated heterocycles. The summed E-state index contributed by atoms with van der Waals surface area (Å²) >= 11 is 6.89.